The van der Waals surface area contributed by atoms with E-state index in [1.165, 1.54) is 18.6 Å². The minimum Gasteiger partial charge on any atom is -0.310 e. The van der Waals surface area contributed by atoms with Crippen LogP contribution in [0.4, 0.5) is 4.39 Å². The van der Waals surface area contributed by atoms with Crippen LogP contribution in [0.25, 0.3) is 0 Å². The van der Waals surface area contributed by atoms with Crippen LogP contribution in [-0.4, -0.2) is 6.04 Å². The van der Waals surface area contributed by atoms with E-state index >= 15 is 0 Å². The highest BCUT2D eigenvalue weighted by Crippen LogP contribution is 2.17. The second-order valence-corrected chi connectivity index (χ2v) is 4.42. The van der Waals surface area contributed by atoms with Crippen LogP contribution in [0.3, 0.4) is 0 Å². The standard InChI is InChI=1S/C13H19ClFN/c1-3-5-12(4-2)16-9-10-6-7-11(15)8-13(10)14/h6-8,12,16H,3-5,9H2,1-2H3. The van der Waals surface area contributed by atoms with E-state index in [2.05, 4.69) is 19.2 Å². The molecule has 0 aliphatic rings. The van der Waals surface area contributed by atoms with Crippen molar-refractivity contribution in [2.75, 3.05) is 0 Å². The van der Waals surface area contributed by atoms with Crippen molar-refractivity contribution in [1.29, 1.82) is 0 Å². The summed E-state index contributed by atoms with van der Waals surface area (Å²) < 4.78 is 12.8. The third kappa shape index (κ3) is 4.11. The zero-order chi connectivity index (χ0) is 12.0. The fourth-order valence-electron chi connectivity index (χ4n) is 1.72. The Balaban J connectivity index is 2.53. The Morgan fingerprint density at radius 2 is 2.12 bits per heavy atom. The lowest BCUT2D eigenvalue weighted by Crippen LogP contribution is -2.27. The molecular weight excluding hydrogens is 225 g/mol. The fraction of sp³-hybridized carbons (Fsp3) is 0.538. The monoisotopic (exact) mass is 243 g/mol. The first-order valence-electron chi connectivity index (χ1n) is 5.84. The van der Waals surface area contributed by atoms with Gasteiger partial charge in [-0.05, 0) is 30.5 Å². The molecule has 1 aromatic carbocycles. The maximum absolute atomic E-state index is 12.8. The molecule has 0 fully saturated rings. The van der Waals surface area contributed by atoms with Gasteiger partial charge >= 0.3 is 0 Å². The van der Waals surface area contributed by atoms with E-state index in [-0.39, 0.29) is 5.82 Å². The topological polar surface area (TPSA) is 12.0 Å². The van der Waals surface area contributed by atoms with E-state index in [0.717, 1.165) is 18.4 Å². The fourth-order valence-corrected chi connectivity index (χ4v) is 1.95. The summed E-state index contributed by atoms with van der Waals surface area (Å²) in [6.07, 6.45) is 3.44. The molecule has 1 N–H and O–H groups in total. The highest BCUT2D eigenvalue weighted by molar-refractivity contribution is 6.31. The minimum absolute atomic E-state index is 0.283. The van der Waals surface area contributed by atoms with Gasteiger partial charge in [0.05, 0.1) is 0 Å². The zero-order valence-corrected chi connectivity index (χ0v) is 10.6. The van der Waals surface area contributed by atoms with E-state index in [1.54, 1.807) is 6.07 Å². The number of rotatable bonds is 6. The first-order chi connectivity index (χ1) is 7.67. The third-order valence-electron chi connectivity index (χ3n) is 2.73. The second-order valence-electron chi connectivity index (χ2n) is 4.01. The predicted octanol–water partition coefficient (Wildman–Crippen LogP) is 4.15. The van der Waals surface area contributed by atoms with Gasteiger partial charge in [-0.2, -0.15) is 0 Å². The molecule has 0 amide bonds. The quantitative estimate of drug-likeness (QED) is 0.792. The van der Waals surface area contributed by atoms with Gasteiger partial charge in [0, 0.05) is 17.6 Å². The van der Waals surface area contributed by atoms with E-state index in [0.29, 0.717) is 17.6 Å². The Morgan fingerprint density at radius 1 is 1.38 bits per heavy atom. The van der Waals surface area contributed by atoms with Gasteiger partial charge in [0.1, 0.15) is 5.82 Å². The molecule has 0 bridgehead atoms. The first-order valence-corrected chi connectivity index (χ1v) is 6.22. The Bertz CT molecular complexity index is 328. The molecular formula is C13H19ClFN. The Labute approximate surface area is 102 Å². The van der Waals surface area contributed by atoms with E-state index < -0.39 is 0 Å². The second kappa shape index (κ2) is 6.87. The van der Waals surface area contributed by atoms with Crippen molar-refractivity contribution in [3.63, 3.8) is 0 Å². The summed E-state index contributed by atoms with van der Waals surface area (Å²) in [7, 11) is 0. The average Bonchev–Trinajstić information content (AvgIpc) is 2.26. The normalized spacial score (nSPS) is 12.8. The molecule has 1 rings (SSSR count). The van der Waals surface area contributed by atoms with Crippen LogP contribution in [0.15, 0.2) is 18.2 Å². The zero-order valence-electron chi connectivity index (χ0n) is 9.89. The number of hydrogen-bond donors (Lipinski definition) is 1. The summed E-state index contributed by atoms with van der Waals surface area (Å²) in [5.41, 5.74) is 0.956. The molecule has 90 valence electrons. The maximum Gasteiger partial charge on any atom is 0.124 e. The van der Waals surface area contributed by atoms with Crippen LogP contribution >= 0.6 is 11.6 Å². The molecule has 1 atom stereocenters. The van der Waals surface area contributed by atoms with Gasteiger partial charge < -0.3 is 5.32 Å². The van der Waals surface area contributed by atoms with Crippen molar-refractivity contribution in [1.82, 2.24) is 5.32 Å². The van der Waals surface area contributed by atoms with Gasteiger partial charge in [-0.1, -0.05) is 37.9 Å². The molecule has 0 saturated heterocycles. The SMILES string of the molecule is CCCC(CC)NCc1ccc(F)cc1Cl. The van der Waals surface area contributed by atoms with Crippen molar-refractivity contribution in [3.05, 3.63) is 34.6 Å². The number of halogens is 2. The molecule has 1 nitrogen and oxygen atoms in total. The smallest absolute Gasteiger partial charge is 0.124 e. The molecule has 0 aromatic heterocycles. The van der Waals surface area contributed by atoms with Crippen LogP contribution < -0.4 is 5.32 Å². The lowest BCUT2D eigenvalue weighted by molar-refractivity contribution is 0.462. The Morgan fingerprint density at radius 3 is 2.69 bits per heavy atom. The molecule has 16 heavy (non-hydrogen) atoms. The number of benzene rings is 1. The summed E-state index contributed by atoms with van der Waals surface area (Å²) in [6.45, 7) is 5.05. The molecule has 3 heteroatoms. The van der Waals surface area contributed by atoms with Crippen LogP contribution in [0.5, 0.6) is 0 Å². The van der Waals surface area contributed by atoms with Crippen molar-refractivity contribution < 1.29 is 4.39 Å². The minimum atomic E-state index is -0.283. The first kappa shape index (κ1) is 13.5. The van der Waals surface area contributed by atoms with Crippen molar-refractivity contribution in [2.24, 2.45) is 0 Å². The van der Waals surface area contributed by atoms with Crippen molar-refractivity contribution in [3.8, 4) is 0 Å². The molecule has 1 aromatic rings. The molecule has 0 spiro atoms. The van der Waals surface area contributed by atoms with Gasteiger partial charge in [-0.3, -0.25) is 0 Å². The summed E-state index contributed by atoms with van der Waals surface area (Å²) in [4.78, 5) is 0. The van der Waals surface area contributed by atoms with Gasteiger partial charge in [0.25, 0.3) is 0 Å². The van der Waals surface area contributed by atoms with E-state index in [4.69, 9.17) is 11.6 Å². The summed E-state index contributed by atoms with van der Waals surface area (Å²) in [6, 6.07) is 5.07. The predicted molar refractivity (Wildman–Crippen MR) is 67.2 cm³/mol. The lowest BCUT2D eigenvalue weighted by atomic mass is 10.1. The van der Waals surface area contributed by atoms with Gasteiger partial charge in [-0.15, -0.1) is 0 Å². The largest absolute Gasteiger partial charge is 0.310 e. The van der Waals surface area contributed by atoms with E-state index in [9.17, 15) is 4.39 Å². The number of hydrogen-bond acceptors (Lipinski definition) is 1. The van der Waals surface area contributed by atoms with Crippen molar-refractivity contribution >= 4 is 11.6 Å². The molecule has 0 heterocycles. The number of nitrogens with one attached hydrogen (secondary N) is 1. The highest BCUT2D eigenvalue weighted by Gasteiger charge is 2.06. The third-order valence-corrected chi connectivity index (χ3v) is 3.08. The summed E-state index contributed by atoms with van der Waals surface area (Å²) in [5.74, 6) is -0.283. The van der Waals surface area contributed by atoms with Crippen LogP contribution in [0.2, 0.25) is 5.02 Å². The Kier molecular flexibility index (Phi) is 5.78. The van der Waals surface area contributed by atoms with Gasteiger partial charge in [-0.25, -0.2) is 4.39 Å². The summed E-state index contributed by atoms with van der Waals surface area (Å²) in [5, 5.41) is 3.94. The molecule has 0 saturated carbocycles. The molecule has 0 aliphatic carbocycles. The average molecular weight is 244 g/mol. The van der Waals surface area contributed by atoms with Gasteiger partial charge in [0.2, 0.25) is 0 Å². The highest BCUT2D eigenvalue weighted by atomic mass is 35.5. The van der Waals surface area contributed by atoms with Crippen LogP contribution in [-0.2, 0) is 6.54 Å². The lowest BCUT2D eigenvalue weighted by Gasteiger charge is -2.16. The van der Waals surface area contributed by atoms with E-state index in [1.807, 2.05) is 0 Å². The maximum atomic E-state index is 12.8. The summed E-state index contributed by atoms with van der Waals surface area (Å²) >= 11 is 5.95. The Hall–Kier alpha value is -0.600. The molecule has 1 unspecified atom stereocenters. The van der Waals surface area contributed by atoms with Gasteiger partial charge in [0.15, 0.2) is 0 Å². The van der Waals surface area contributed by atoms with Crippen molar-refractivity contribution in [2.45, 2.75) is 45.7 Å². The van der Waals surface area contributed by atoms with Crippen LogP contribution in [0.1, 0.15) is 38.7 Å². The van der Waals surface area contributed by atoms with Crippen LogP contribution in [0, 0.1) is 5.82 Å². The molecule has 0 aliphatic heterocycles. The molecule has 0 radical (unpaired) electrons.